The minimum Gasteiger partial charge on any atom is -0.491 e. The number of para-hydroxylation sites is 1. The smallest absolute Gasteiger partial charge is 0.122 e. The molecule has 0 amide bonds. The Kier molecular flexibility index (Phi) is 6.52. The summed E-state index contributed by atoms with van der Waals surface area (Å²) in [6.07, 6.45) is 3.82. The van der Waals surface area contributed by atoms with Crippen molar-refractivity contribution in [1.82, 2.24) is 5.32 Å². The summed E-state index contributed by atoms with van der Waals surface area (Å²) in [5, 5.41) is 3.47. The van der Waals surface area contributed by atoms with Crippen LogP contribution >= 0.6 is 0 Å². The van der Waals surface area contributed by atoms with Crippen LogP contribution in [0.15, 0.2) is 24.3 Å². The van der Waals surface area contributed by atoms with Gasteiger partial charge in [0.25, 0.3) is 0 Å². The molecule has 2 rings (SSSR count). The second-order valence-corrected chi connectivity index (χ2v) is 6.28. The van der Waals surface area contributed by atoms with E-state index in [0.717, 1.165) is 38.1 Å². The van der Waals surface area contributed by atoms with Crippen molar-refractivity contribution in [2.45, 2.75) is 52.2 Å². The molecule has 1 heterocycles. The minimum absolute atomic E-state index is 0.237. The third kappa shape index (κ3) is 5.33. The Bertz CT molecular complexity index is 419. The molecule has 0 aliphatic carbocycles. The Hall–Kier alpha value is -1.06. The molecule has 3 nitrogen and oxygen atoms in total. The van der Waals surface area contributed by atoms with E-state index in [0.29, 0.717) is 18.6 Å². The van der Waals surface area contributed by atoms with Gasteiger partial charge in [-0.25, -0.2) is 0 Å². The lowest BCUT2D eigenvalue weighted by Gasteiger charge is -2.17. The average Bonchev–Trinajstić information content (AvgIpc) is 2.93. The zero-order valence-electron chi connectivity index (χ0n) is 13.6. The Morgan fingerprint density at radius 3 is 2.76 bits per heavy atom. The molecular formula is C18H29NO2. The fourth-order valence-corrected chi connectivity index (χ4v) is 2.71. The summed E-state index contributed by atoms with van der Waals surface area (Å²) in [5.74, 6) is 1.70. The molecule has 3 heteroatoms. The van der Waals surface area contributed by atoms with Crippen LogP contribution in [0.4, 0.5) is 0 Å². The largest absolute Gasteiger partial charge is 0.491 e. The third-order valence-corrected chi connectivity index (χ3v) is 3.90. The molecule has 2 atom stereocenters. The summed E-state index contributed by atoms with van der Waals surface area (Å²) in [5.41, 5.74) is 1.27. The van der Waals surface area contributed by atoms with E-state index in [1.54, 1.807) is 0 Å². The van der Waals surface area contributed by atoms with Crippen molar-refractivity contribution in [3.63, 3.8) is 0 Å². The molecular weight excluding hydrogens is 262 g/mol. The summed E-state index contributed by atoms with van der Waals surface area (Å²) >= 11 is 0. The minimum atomic E-state index is 0.237. The van der Waals surface area contributed by atoms with Crippen molar-refractivity contribution in [2.75, 3.05) is 19.7 Å². The van der Waals surface area contributed by atoms with Gasteiger partial charge in [0.05, 0.1) is 12.2 Å². The first-order valence-corrected chi connectivity index (χ1v) is 8.26. The van der Waals surface area contributed by atoms with Crippen molar-refractivity contribution < 1.29 is 9.47 Å². The quantitative estimate of drug-likeness (QED) is 0.796. The molecule has 1 saturated heterocycles. The SMILES string of the molecule is CCc1ccccc1OCC1CCC(CNCC(C)C)O1. The second kappa shape index (κ2) is 8.40. The number of nitrogens with one attached hydrogen (secondary N) is 1. The maximum Gasteiger partial charge on any atom is 0.122 e. The van der Waals surface area contributed by atoms with Gasteiger partial charge < -0.3 is 14.8 Å². The molecule has 0 radical (unpaired) electrons. The highest BCUT2D eigenvalue weighted by Crippen LogP contribution is 2.23. The van der Waals surface area contributed by atoms with Crippen LogP contribution in [0.5, 0.6) is 5.75 Å². The topological polar surface area (TPSA) is 30.5 Å². The molecule has 2 unspecified atom stereocenters. The van der Waals surface area contributed by atoms with Crippen molar-refractivity contribution in [2.24, 2.45) is 5.92 Å². The van der Waals surface area contributed by atoms with E-state index in [2.05, 4.69) is 44.3 Å². The summed E-state index contributed by atoms with van der Waals surface area (Å²) < 4.78 is 12.0. The predicted molar refractivity (Wildman–Crippen MR) is 86.9 cm³/mol. The Morgan fingerprint density at radius 2 is 2.00 bits per heavy atom. The fourth-order valence-electron chi connectivity index (χ4n) is 2.71. The van der Waals surface area contributed by atoms with E-state index >= 15 is 0 Å². The molecule has 1 aromatic carbocycles. The van der Waals surface area contributed by atoms with Crippen molar-refractivity contribution in [3.8, 4) is 5.75 Å². The maximum absolute atomic E-state index is 6.05. The molecule has 118 valence electrons. The second-order valence-electron chi connectivity index (χ2n) is 6.28. The van der Waals surface area contributed by atoms with E-state index in [1.165, 1.54) is 5.56 Å². The standard InChI is InChI=1S/C18H29NO2/c1-4-15-7-5-6-8-18(15)20-13-17-10-9-16(21-17)12-19-11-14(2)3/h5-8,14,16-17,19H,4,9-13H2,1-3H3. The lowest BCUT2D eigenvalue weighted by molar-refractivity contribution is 0.0182. The fraction of sp³-hybridized carbons (Fsp3) is 0.667. The number of hydrogen-bond donors (Lipinski definition) is 1. The molecule has 1 aliphatic heterocycles. The summed E-state index contributed by atoms with van der Waals surface area (Å²) in [6.45, 7) is 9.29. The van der Waals surface area contributed by atoms with Crippen LogP contribution in [0.2, 0.25) is 0 Å². The lowest BCUT2D eigenvalue weighted by Crippen LogP contribution is -2.30. The first-order chi connectivity index (χ1) is 10.2. The van der Waals surface area contributed by atoms with Crippen molar-refractivity contribution >= 4 is 0 Å². The van der Waals surface area contributed by atoms with Gasteiger partial charge in [-0.1, -0.05) is 39.0 Å². The van der Waals surface area contributed by atoms with Crippen LogP contribution in [0.3, 0.4) is 0 Å². The zero-order chi connectivity index (χ0) is 15.1. The number of aryl methyl sites for hydroxylation is 1. The Balaban J connectivity index is 1.70. The van der Waals surface area contributed by atoms with E-state index in [1.807, 2.05) is 6.07 Å². The monoisotopic (exact) mass is 291 g/mol. The summed E-state index contributed by atoms with van der Waals surface area (Å²) in [4.78, 5) is 0. The first kappa shape index (κ1) is 16.3. The molecule has 0 saturated carbocycles. The van der Waals surface area contributed by atoms with Crippen LogP contribution < -0.4 is 10.1 Å². The van der Waals surface area contributed by atoms with E-state index in [4.69, 9.17) is 9.47 Å². The van der Waals surface area contributed by atoms with Crippen LogP contribution in [0.1, 0.15) is 39.2 Å². The highest BCUT2D eigenvalue weighted by molar-refractivity contribution is 5.33. The summed E-state index contributed by atoms with van der Waals surface area (Å²) in [6, 6.07) is 8.27. The number of benzene rings is 1. The van der Waals surface area contributed by atoms with Gasteiger partial charge in [0.15, 0.2) is 0 Å². The molecule has 1 aromatic rings. The Morgan fingerprint density at radius 1 is 1.24 bits per heavy atom. The highest BCUT2D eigenvalue weighted by atomic mass is 16.5. The van der Waals surface area contributed by atoms with Gasteiger partial charge in [0.1, 0.15) is 12.4 Å². The first-order valence-electron chi connectivity index (χ1n) is 8.26. The highest BCUT2D eigenvalue weighted by Gasteiger charge is 2.25. The zero-order valence-corrected chi connectivity index (χ0v) is 13.6. The molecule has 1 N–H and O–H groups in total. The average molecular weight is 291 g/mol. The summed E-state index contributed by atoms with van der Waals surface area (Å²) in [7, 11) is 0. The third-order valence-electron chi connectivity index (χ3n) is 3.90. The molecule has 1 fully saturated rings. The number of rotatable bonds is 8. The maximum atomic E-state index is 6.05. The number of hydrogen-bond acceptors (Lipinski definition) is 3. The Labute approximate surface area is 129 Å². The van der Waals surface area contributed by atoms with Crippen LogP contribution in [0.25, 0.3) is 0 Å². The lowest BCUT2D eigenvalue weighted by atomic mass is 10.1. The van der Waals surface area contributed by atoms with Gasteiger partial charge in [0, 0.05) is 6.54 Å². The van der Waals surface area contributed by atoms with Crippen LogP contribution in [0, 0.1) is 5.92 Å². The van der Waals surface area contributed by atoms with Gasteiger partial charge in [-0.2, -0.15) is 0 Å². The van der Waals surface area contributed by atoms with Crippen molar-refractivity contribution in [1.29, 1.82) is 0 Å². The molecule has 1 aliphatic rings. The van der Waals surface area contributed by atoms with E-state index < -0.39 is 0 Å². The number of ether oxygens (including phenoxy) is 2. The van der Waals surface area contributed by atoms with E-state index in [9.17, 15) is 0 Å². The van der Waals surface area contributed by atoms with Gasteiger partial charge >= 0.3 is 0 Å². The predicted octanol–water partition coefficient (Wildman–Crippen LogP) is 3.42. The van der Waals surface area contributed by atoms with E-state index in [-0.39, 0.29) is 6.10 Å². The van der Waals surface area contributed by atoms with Crippen LogP contribution in [-0.4, -0.2) is 31.9 Å². The van der Waals surface area contributed by atoms with Gasteiger partial charge in [-0.15, -0.1) is 0 Å². The van der Waals surface area contributed by atoms with Gasteiger partial charge in [0.2, 0.25) is 0 Å². The van der Waals surface area contributed by atoms with Crippen molar-refractivity contribution in [3.05, 3.63) is 29.8 Å². The van der Waals surface area contributed by atoms with Gasteiger partial charge in [-0.05, 0) is 43.4 Å². The molecule has 0 aromatic heterocycles. The van der Waals surface area contributed by atoms with Gasteiger partial charge in [-0.3, -0.25) is 0 Å². The van der Waals surface area contributed by atoms with Crippen LogP contribution in [-0.2, 0) is 11.2 Å². The molecule has 0 spiro atoms. The molecule has 21 heavy (non-hydrogen) atoms. The molecule has 0 bridgehead atoms. The normalized spacial score (nSPS) is 21.9.